The number of ether oxygens (including phenoxy) is 2. The SMILES string of the molecule is COc1ccc(NC(=S)NC(=O)CC2CC(C(=O)NC(=S)Nc3ccc(OC)cc3)C2(C)C)cc1. The largest absolute Gasteiger partial charge is 0.497 e. The quantitative estimate of drug-likeness (QED) is 0.410. The second-order valence-electron chi connectivity index (χ2n) is 8.91. The van der Waals surface area contributed by atoms with Crippen molar-refractivity contribution in [2.24, 2.45) is 17.3 Å². The molecule has 4 N–H and O–H groups in total. The summed E-state index contributed by atoms with van der Waals surface area (Å²) in [7, 11) is 3.19. The molecule has 35 heavy (non-hydrogen) atoms. The van der Waals surface area contributed by atoms with Crippen molar-refractivity contribution in [2.75, 3.05) is 24.9 Å². The van der Waals surface area contributed by atoms with Crippen molar-refractivity contribution in [1.29, 1.82) is 0 Å². The van der Waals surface area contributed by atoms with Gasteiger partial charge in [0.25, 0.3) is 0 Å². The van der Waals surface area contributed by atoms with Gasteiger partial charge < -0.3 is 30.7 Å². The van der Waals surface area contributed by atoms with Crippen LogP contribution in [0.1, 0.15) is 26.7 Å². The molecule has 2 aromatic rings. The van der Waals surface area contributed by atoms with Crippen LogP contribution in [0.15, 0.2) is 48.5 Å². The summed E-state index contributed by atoms with van der Waals surface area (Å²) in [5.41, 5.74) is 1.14. The van der Waals surface area contributed by atoms with Crippen LogP contribution in [0, 0.1) is 17.3 Å². The summed E-state index contributed by atoms with van der Waals surface area (Å²) in [6.07, 6.45) is 0.867. The van der Waals surface area contributed by atoms with Crippen LogP contribution in [0.2, 0.25) is 0 Å². The summed E-state index contributed by atoms with van der Waals surface area (Å²) in [5.74, 6) is 0.909. The Kier molecular flexibility index (Phi) is 8.63. The van der Waals surface area contributed by atoms with Crippen molar-refractivity contribution in [3.05, 3.63) is 48.5 Å². The van der Waals surface area contributed by atoms with Gasteiger partial charge in [-0.05, 0) is 90.7 Å². The number of amides is 2. The van der Waals surface area contributed by atoms with E-state index in [9.17, 15) is 9.59 Å². The highest BCUT2D eigenvalue weighted by Gasteiger charge is 2.52. The van der Waals surface area contributed by atoms with E-state index < -0.39 is 0 Å². The zero-order valence-corrected chi connectivity index (χ0v) is 21.8. The highest BCUT2D eigenvalue weighted by molar-refractivity contribution is 7.80. The van der Waals surface area contributed by atoms with Gasteiger partial charge in [0.15, 0.2) is 10.2 Å². The number of nitrogens with one attached hydrogen (secondary N) is 4. The van der Waals surface area contributed by atoms with Gasteiger partial charge in [-0.25, -0.2) is 0 Å². The third-order valence-electron chi connectivity index (χ3n) is 6.40. The number of carbonyl (C=O) groups excluding carboxylic acids is 2. The molecule has 10 heteroatoms. The Morgan fingerprint density at radius 1 is 0.857 bits per heavy atom. The molecule has 0 aliphatic heterocycles. The minimum atomic E-state index is -0.359. The van der Waals surface area contributed by atoms with Crippen LogP contribution < -0.4 is 30.7 Å². The Morgan fingerprint density at radius 3 is 1.74 bits per heavy atom. The third kappa shape index (κ3) is 6.89. The van der Waals surface area contributed by atoms with Gasteiger partial charge in [0, 0.05) is 23.7 Å². The number of anilines is 2. The summed E-state index contributed by atoms with van der Waals surface area (Å²) in [6, 6.07) is 14.4. The molecule has 8 nitrogen and oxygen atoms in total. The maximum atomic E-state index is 12.8. The summed E-state index contributed by atoms with van der Waals surface area (Å²) in [4.78, 5) is 25.3. The number of carbonyl (C=O) groups is 2. The van der Waals surface area contributed by atoms with Crippen LogP contribution in [0.4, 0.5) is 11.4 Å². The van der Waals surface area contributed by atoms with E-state index >= 15 is 0 Å². The zero-order chi connectivity index (χ0) is 25.6. The molecule has 2 atom stereocenters. The van der Waals surface area contributed by atoms with Crippen LogP contribution in [0.5, 0.6) is 11.5 Å². The monoisotopic (exact) mass is 514 g/mol. The average molecular weight is 515 g/mol. The molecule has 2 unspecified atom stereocenters. The molecule has 186 valence electrons. The average Bonchev–Trinajstić information content (AvgIpc) is 2.82. The smallest absolute Gasteiger partial charge is 0.229 e. The van der Waals surface area contributed by atoms with E-state index in [1.54, 1.807) is 38.5 Å². The Balaban J connectivity index is 1.44. The molecule has 2 aromatic carbocycles. The van der Waals surface area contributed by atoms with Gasteiger partial charge >= 0.3 is 0 Å². The molecule has 1 saturated carbocycles. The lowest BCUT2D eigenvalue weighted by molar-refractivity contribution is -0.143. The van der Waals surface area contributed by atoms with Crippen molar-refractivity contribution < 1.29 is 19.1 Å². The van der Waals surface area contributed by atoms with E-state index in [2.05, 4.69) is 21.3 Å². The number of thiocarbonyl (C=S) groups is 2. The molecule has 0 saturated heterocycles. The van der Waals surface area contributed by atoms with E-state index in [1.807, 2.05) is 38.1 Å². The van der Waals surface area contributed by atoms with E-state index in [0.29, 0.717) is 6.42 Å². The topological polar surface area (TPSA) is 101 Å². The maximum absolute atomic E-state index is 12.8. The molecule has 1 aliphatic carbocycles. The second-order valence-corrected chi connectivity index (χ2v) is 9.73. The van der Waals surface area contributed by atoms with E-state index in [0.717, 1.165) is 22.9 Å². The lowest BCUT2D eigenvalue weighted by Crippen LogP contribution is -2.55. The van der Waals surface area contributed by atoms with E-state index in [-0.39, 0.29) is 45.7 Å². The van der Waals surface area contributed by atoms with E-state index in [1.165, 1.54) is 0 Å². The molecule has 3 rings (SSSR count). The van der Waals surface area contributed by atoms with Gasteiger partial charge in [-0.1, -0.05) is 13.8 Å². The lowest BCUT2D eigenvalue weighted by Gasteiger charge is -2.51. The van der Waals surface area contributed by atoms with Crippen molar-refractivity contribution in [1.82, 2.24) is 10.6 Å². The minimum absolute atomic E-state index is 0.0464. The first-order valence-corrected chi connectivity index (χ1v) is 11.9. The fraction of sp³-hybridized carbons (Fsp3) is 0.360. The first-order valence-electron chi connectivity index (χ1n) is 11.1. The maximum Gasteiger partial charge on any atom is 0.229 e. The molecule has 0 spiro atoms. The fourth-order valence-electron chi connectivity index (χ4n) is 4.08. The van der Waals surface area contributed by atoms with Gasteiger partial charge in [-0.2, -0.15) is 0 Å². The van der Waals surface area contributed by atoms with E-state index in [4.69, 9.17) is 33.9 Å². The highest BCUT2D eigenvalue weighted by atomic mass is 32.1. The van der Waals surface area contributed by atoms with Crippen LogP contribution >= 0.6 is 24.4 Å². The number of hydrogen-bond acceptors (Lipinski definition) is 6. The second kappa shape index (κ2) is 11.5. The lowest BCUT2D eigenvalue weighted by atomic mass is 9.53. The van der Waals surface area contributed by atoms with Crippen LogP contribution in [0.3, 0.4) is 0 Å². The molecular formula is C25H30N4O4S2. The highest BCUT2D eigenvalue weighted by Crippen LogP contribution is 2.52. The number of methoxy groups -OCH3 is 2. The van der Waals surface area contributed by atoms with Gasteiger partial charge in [0.05, 0.1) is 14.2 Å². The first-order chi connectivity index (χ1) is 16.6. The molecule has 1 fully saturated rings. The van der Waals surface area contributed by atoms with Gasteiger partial charge in [0.2, 0.25) is 11.8 Å². The van der Waals surface area contributed by atoms with Crippen molar-refractivity contribution in [3.8, 4) is 11.5 Å². The minimum Gasteiger partial charge on any atom is -0.497 e. The fourth-order valence-corrected chi connectivity index (χ4v) is 4.53. The van der Waals surface area contributed by atoms with Gasteiger partial charge in [-0.3, -0.25) is 9.59 Å². The summed E-state index contributed by atoms with van der Waals surface area (Å²) in [6.45, 7) is 3.99. The van der Waals surface area contributed by atoms with Crippen molar-refractivity contribution in [2.45, 2.75) is 26.7 Å². The van der Waals surface area contributed by atoms with Crippen LogP contribution in [-0.2, 0) is 9.59 Å². The molecular weight excluding hydrogens is 484 g/mol. The first kappa shape index (κ1) is 26.4. The number of benzene rings is 2. The standard InChI is InChI=1S/C25H30N4O4S2/c1-25(2)15(14-21(30)28-23(34)26-16-5-9-18(32-3)10-6-16)13-20(25)22(31)29-24(35)27-17-7-11-19(33-4)12-8-17/h5-12,15,20H,13-14H2,1-4H3,(H2,26,28,30,34)(H2,27,29,31,35). The number of hydrogen-bond donors (Lipinski definition) is 4. The zero-order valence-electron chi connectivity index (χ0n) is 20.1. The third-order valence-corrected chi connectivity index (χ3v) is 6.81. The van der Waals surface area contributed by atoms with Crippen molar-refractivity contribution >= 4 is 57.8 Å². The Bertz CT molecular complexity index is 1090. The molecule has 0 radical (unpaired) electrons. The molecule has 1 aliphatic rings. The normalized spacial score (nSPS) is 17.8. The molecule has 0 aromatic heterocycles. The summed E-state index contributed by atoms with van der Waals surface area (Å²) in [5, 5.41) is 11.9. The number of rotatable bonds is 7. The van der Waals surface area contributed by atoms with Gasteiger partial charge in [-0.15, -0.1) is 0 Å². The summed E-state index contributed by atoms with van der Waals surface area (Å²) >= 11 is 10.5. The Labute approximate surface area is 216 Å². The van der Waals surface area contributed by atoms with Crippen LogP contribution in [0.25, 0.3) is 0 Å². The van der Waals surface area contributed by atoms with Crippen LogP contribution in [-0.4, -0.2) is 36.3 Å². The predicted molar refractivity (Wildman–Crippen MR) is 145 cm³/mol. The summed E-state index contributed by atoms with van der Waals surface area (Å²) < 4.78 is 10.3. The molecule has 0 bridgehead atoms. The Hall–Kier alpha value is -3.24. The van der Waals surface area contributed by atoms with Gasteiger partial charge in [0.1, 0.15) is 11.5 Å². The van der Waals surface area contributed by atoms with Crippen molar-refractivity contribution in [3.63, 3.8) is 0 Å². The Morgan fingerprint density at radius 2 is 1.31 bits per heavy atom. The predicted octanol–water partition coefficient (Wildman–Crippen LogP) is 4.08. The molecule has 2 amide bonds. The molecule has 0 heterocycles.